The van der Waals surface area contributed by atoms with Crippen molar-refractivity contribution in [2.75, 3.05) is 0 Å². The zero-order chi connectivity index (χ0) is 15.8. The molecule has 0 N–H and O–H groups in total. The normalized spacial score (nSPS) is 13.5. The number of fused-ring (bicyclic) bond motifs is 1. The Labute approximate surface area is 132 Å². The van der Waals surface area contributed by atoms with Crippen LogP contribution in [0.5, 0.6) is 0 Å². The SMILES string of the molecule is O=C1c2ccccc2C(=O)N1Cc1nccn1-c1ccccc1. The largest absolute Gasteiger partial charge is 0.302 e. The molecular weight excluding hydrogens is 290 g/mol. The highest BCUT2D eigenvalue weighted by Gasteiger charge is 2.35. The van der Waals surface area contributed by atoms with E-state index in [1.54, 1.807) is 30.5 Å². The Hall–Kier alpha value is -3.21. The van der Waals surface area contributed by atoms with Crippen molar-refractivity contribution in [3.05, 3.63) is 83.9 Å². The minimum Gasteiger partial charge on any atom is -0.302 e. The minimum absolute atomic E-state index is 0.147. The fraction of sp³-hybridized carbons (Fsp3) is 0.0556. The summed E-state index contributed by atoms with van der Waals surface area (Å²) in [4.78, 5) is 30.4. The van der Waals surface area contributed by atoms with Crippen molar-refractivity contribution in [1.82, 2.24) is 14.5 Å². The third-order valence-electron chi connectivity index (χ3n) is 3.93. The topological polar surface area (TPSA) is 55.2 Å². The second-order valence-corrected chi connectivity index (χ2v) is 5.29. The number of imidazole rings is 1. The first-order valence-electron chi connectivity index (χ1n) is 7.28. The molecule has 1 aliphatic rings. The summed E-state index contributed by atoms with van der Waals surface area (Å²) in [6.07, 6.45) is 3.49. The number of amides is 2. The summed E-state index contributed by atoms with van der Waals surface area (Å²) < 4.78 is 1.88. The average Bonchev–Trinajstić information content (AvgIpc) is 3.15. The summed E-state index contributed by atoms with van der Waals surface area (Å²) in [5.74, 6) is 0.104. The van der Waals surface area contributed by atoms with E-state index in [0.717, 1.165) is 5.69 Å². The van der Waals surface area contributed by atoms with Gasteiger partial charge in [0.1, 0.15) is 5.82 Å². The molecule has 0 fully saturated rings. The van der Waals surface area contributed by atoms with E-state index in [9.17, 15) is 9.59 Å². The fourth-order valence-electron chi connectivity index (χ4n) is 2.80. The molecular formula is C18H13N3O2. The molecule has 23 heavy (non-hydrogen) atoms. The van der Waals surface area contributed by atoms with Crippen LogP contribution < -0.4 is 0 Å². The standard InChI is InChI=1S/C18H13N3O2/c22-17-14-8-4-5-9-15(14)18(23)21(17)12-16-19-10-11-20(16)13-6-2-1-3-7-13/h1-11H,12H2. The number of carbonyl (C=O) groups is 2. The molecule has 1 aliphatic heterocycles. The van der Waals surface area contributed by atoms with E-state index in [-0.39, 0.29) is 18.4 Å². The van der Waals surface area contributed by atoms with Gasteiger partial charge >= 0.3 is 0 Å². The Morgan fingerprint density at radius 3 is 2.09 bits per heavy atom. The number of hydrogen-bond donors (Lipinski definition) is 0. The van der Waals surface area contributed by atoms with E-state index in [4.69, 9.17) is 0 Å². The molecule has 0 saturated heterocycles. The second kappa shape index (κ2) is 5.21. The van der Waals surface area contributed by atoms with Crippen LogP contribution in [-0.2, 0) is 6.54 Å². The van der Waals surface area contributed by atoms with Crippen molar-refractivity contribution in [3.63, 3.8) is 0 Å². The smallest absolute Gasteiger partial charge is 0.261 e. The van der Waals surface area contributed by atoms with Gasteiger partial charge in [0.25, 0.3) is 11.8 Å². The molecule has 0 aliphatic carbocycles. The Kier molecular flexibility index (Phi) is 3.05. The molecule has 112 valence electrons. The molecule has 0 unspecified atom stereocenters. The number of rotatable bonds is 3. The highest BCUT2D eigenvalue weighted by atomic mass is 16.2. The number of aromatic nitrogens is 2. The van der Waals surface area contributed by atoms with E-state index >= 15 is 0 Å². The number of hydrogen-bond acceptors (Lipinski definition) is 3. The van der Waals surface area contributed by atoms with Gasteiger partial charge in [0.15, 0.2) is 0 Å². The predicted octanol–water partition coefficient (Wildman–Crippen LogP) is 2.67. The summed E-state index contributed by atoms with van der Waals surface area (Å²) in [5.41, 5.74) is 1.85. The molecule has 5 heteroatoms. The summed E-state index contributed by atoms with van der Waals surface area (Å²) >= 11 is 0. The second-order valence-electron chi connectivity index (χ2n) is 5.29. The monoisotopic (exact) mass is 303 g/mol. The first kappa shape index (κ1) is 13.5. The zero-order valence-electron chi connectivity index (χ0n) is 12.2. The lowest BCUT2D eigenvalue weighted by Gasteiger charge is -2.15. The lowest BCUT2D eigenvalue weighted by molar-refractivity contribution is 0.0637. The minimum atomic E-state index is -0.270. The van der Waals surface area contributed by atoms with Gasteiger partial charge in [-0.2, -0.15) is 0 Å². The molecule has 0 radical (unpaired) electrons. The van der Waals surface area contributed by atoms with Gasteiger partial charge < -0.3 is 4.57 Å². The van der Waals surface area contributed by atoms with E-state index < -0.39 is 0 Å². The molecule has 4 rings (SSSR count). The van der Waals surface area contributed by atoms with Crippen molar-refractivity contribution in [2.45, 2.75) is 6.54 Å². The van der Waals surface area contributed by atoms with Crippen molar-refractivity contribution in [1.29, 1.82) is 0 Å². The molecule has 1 aromatic heterocycles. The average molecular weight is 303 g/mol. The maximum absolute atomic E-state index is 12.4. The van der Waals surface area contributed by atoms with Gasteiger partial charge in [0, 0.05) is 18.1 Å². The lowest BCUT2D eigenvalue weighted by Crippen LogP contribution is -2.30. The molecule has 5 nitrogen and oxygen atoms in total. The van der Waals surface area contributed by atoms with Crippen LogP contribution in [-0.4, -0.2) is 26.3 Å². The maximum atomic E-state index is 12.4. The number of para-hydroxylation sites is 1. The van der Waals surface area contributed by atoms with Crippen LogP contribution in [0.4, 0.5) is 0 Å². The molecule has 3 aromatic rings. The highest BCUT2D eigenvalue weighted by Crippen LogP contribution is 2.24. The Balaban J connectivity index is 1.68. The first-order chi connectivity index (χ1) is 11.3. The molecule has 2 heterocycles. The van der Waals surface area contributed by atoms with Crippen molar-refractivity contribution in [3.8, 4) is 5.69 Å². The quantitative estimate of drug-likeness (QED) is 0.699. The number of benzene rings is 2. The van der Waals surface area contributed by atoms with Gasteiger partial charge in [-0.25, -0.2) is 4.98 Å². The third kappa shape index (κ3) is 2.14. The van der Waals surface area contributed by atoms with Crippen LogP contribution in [0.3, 0.4) is 0 Å². The van der Waals surface area contributed by atoms with Crippen LogP contribution in [0.2, 0.25) is 0 Å². The van der Waals surface area contributed by atoms with Crippen LogP contribution in [0, 0.1) is 0 Å². The summed E-state index contributed by atoms with van der Waals surface area (Å²) in [6, 6.07) is 16.6. The van der Waals surface area contributed by atoms with Crippen LogP contribution in [0.15, 0.2) is 67.0 Å². The van der Waals surface area contributed by atoms with Crippen molar-refractivity contribution >= 4 is 11.8 Å². The highest BCUT2D eigenvalue weighted by molar-refractivity contribution is 6.21. The Bertz CT molecular complexity index is 864. The lowest BCUT2D eigenvalue weighted by atomic mass is 10.1. The Morgan fingerprint density at radius 1 is 0.826 bits per heavy atom. The molecule has 2 amide bonds. The summed E-state index contributed by atoms with van der Waals surface area (Å²) in [7, 11) is 0. The van der Waals surface area contributed by atoms with Crippen molar-refractivity contribution in [2.24, 2.45) is 0 Å². The van der Waals surface area contributed by atoms with Gasteiger partial charge in [0.05, 0.1) is 17.7 Å². The van der Waals surface area contributed by atoms with Crippen LogP contribution in [0.25, 0.3) is 5.69 Å². The number of nitrogens with zero attached hydrogens (tertiary/aromatic N) is 3. The third-order valence-corrected chi connectivity index (χ3v) is 3.93. The molecule has 0 bridgehead atoms. The predicted molar refractivity (Wildman–Crippen MR) is 84.2 cm³/mol. The van der Waals surface area contributed by atoms with E-state index in [0.29, 0.717) is 17.0 Å². The van der Waals surface area contributed by atoms with E-state index in [1.807, 2.05) is 41.1 Å². The van der Waals surface area contributed by atoms with Gasteiger partial charge in [-0.3, -0.25) is 14.5 Å². The molecule has 2 aromatic carbocycles. The van der Waals surface area contributed by atoms with Gasteiger partial charge in [-0.05, 0) is 24.3 Å². The number of imide groups is 1. The van der Waals surface area contributed by atoms with E-state index in [2.05, 4.69) is 4.98 Å². The van der Waals surface area contributed by atoms with Gasteiger partial charge in [0.2, 0.25) is 0 Å². The van der Waals surface area contributed by atoms with E-state index in [1.165, 1.54) is 4.90 Å². The number of carbonyl (C=O) groups excluding carboxylic acids is 2. The van der Waals surface area contributed by atoms with Crippen LogP contribution in [0.1, 0.15) is 26.5 Å². The maximum Gasteiger partial charge on any atom is 0.261 e. The Morgan fingerprint density at radius 2 is 1.43 bits per heavy atom. The van der Waals surface area contributed by atoms with Gasteiger partial charge in [-0.1, -0.05) is 30.3 Å². The fourth-order valence-corrected chi connectivity index (χ4v) is 2.80. The molecule has 0 atom stereocenters. The zero-order valence-corrected chi connectivity index (χ0v) is 12.2. The first-order valence-corrected chi connectivity index (χ1v) is 7.28. The summed E-state index contributed by atoms with van der Waals surface area (Å²) in [5, 5.41) is 0. The van der Waals surface area contributed by atoms with Gasteiger partial charge in [-0.15, -0.1) is 0 Å². The van der Waals surface area contributed by atoms with Crippen molar-refractivity contribution < 1.29 is 9.59 Å². The summed E-state index contributed by atoms with van der Waals surface area (Å²) in [6.45, 7) is 0.147. The van der Waals surface area contributed by atoms with Crippen LogP contribution >= 0.6 is 0 Å². The molecule has 0 saturated carbocycles. The molecule has 0 spiro atoms.